The van der Waals surface area contributed by atoms with E-state index < -0.39 is 10.2 Å². The number of rotatable bonds is 5. The first-order valence-corrected chi connectivity index (χ1v) is 6.15. The van der Waals surface area contributed by atoms with Gasteiger partial charge in [-0.25, -0.2) is 5.14 Å². The van der Waals surface area contributed by atoms with Crippen molar-refractivity contribution in [3.05, 3.63) is 29.8 Å². The van der Waals surface area contributed by atoms with Crippen LogP contribution in [0.5, 0.6) is 0 Å². The molecule has 0 aromatic heterocycles. The van der Waals surface area contributed by atoms with E-state index in [1.165, 1.54) is 0 Å². The number of aryl methyl sites for hydroxylation is 1. The summed E-state index contributed by atoms with van der Waals surface area (Å²) in [6, 6.07) is 7.10. The van der Waals surface area contributed by atoms with Gasteiger partial charge in [0.1, 0.15) is 0 Å². The summed E-state index contributed by atoms with van der Waals surface area (Å²) in [5, 5.41) is 4.86. The molecule has 5 nitrogen and oxygen atoms in total. The van der Waals surface area contributed by atoms with Crippen LogP contribution in [0.1, 0.15) is 12.0 Å². The minimum Gasteiger partial charge on any atom is -0.330 e. The molecule has 1 rings (SSSR count). The van der Waals surface area contributed by atoms with Gasteiger partial charge < -0.3 is 5.73 Å². The molecule has 0 saturated carbocycles. The van der Waals surface area contributed by atoms with Crippen LogP contribution in [-0.4, -0.2) is 15.0 Å². The van der Waals surface area contributed by atoms with Gasteiger partial charge in [0.25, 0.3) is 10.2 Å². The summed E-state index contributed by atoms with van der Waals surface area (Å²) in [5.74, 6) is 0. The predicted molar refractivity (Wildman–Crippen MR) is 60.5 cm³/mol. The summed E-state index contributed by atoms with van der Waals surface area (Å²) in [6.07, 6.45) is 1.70. The van der Waals surface area contributed by atoms with E-state index in [2.05, 4.69) is 4.72 Å². The zero-order valence-electron chi connectivity index (χ0n) is 8.31. The highest BCUT2D eigenvalue weighted by Gasteiger charge is 2.02. The van der Waals surface area contributed by atoms with E-state index in [9.17, 15) is 8.42 Å². The van der Waals surface area contributed by atoms with Crippen LogP contribution in [0.3, 0.4) is 0 Å². The van der Waals surface area contributed by atoms with Crippen molar-refractivity contribution in [2.75, 3.05) is 11.3 Å². The van der Waals surface area contributed by atoms with Crippen molar-refractivity contribution in [2.24, 2.45) is 10.9 Å². The zero-order valence-corrected chi connectivity index (χ0v) is 9.13. The topological polar surface area (TPSA) is 98.2 Å². The smallest absolute Gasteiger partial charge is 0.296 e. The molecule has 6 heteroatoms. The number of nitrogens with one attached hydrogen (secondary N) is 1. The molecular formula is C9H15N3O2S. The second-order valence-corrected chi connectivity index (χ2v) is 4.53. The molecule has 0 heterocycles. The Morgan fingerprint density at radius 3 is 2.67 bits per heavy atom. The van der Waals surface area contributed by atoms with Crippen molar-refractivity contribution in [2.45, 2.75) is 12.8 Å². The fourth-order valence-electron chi connectivity index (χ4n) is 1.26. The molecule has 0 aliphatic heterocycles. The zero-order chi connectivity index (χ0) is 11.3. The molecule has 0 aliphatic rings. The predicted octanol–water partition coefficient (Wildman–Crippen LogP) is 0.193. The summed E-state index contributed by atoms with van der Waals surface area (Å²) in [5.41, 5.74) is 6.90. The maximum absolute atomic E-state index is 10.8. The fraction of sp³-hybridized carbons (Fsp3) is 0.333. The third-order valence-corrected chi connectivity index (χ3v) is 2.38. The normalized spacial score (nSPS) is 11.3. The van der Waals surface area contributed by atoms with Crippen molar-refractivity contribution in [3.63, 3.8) is 0 Å². The van der Waals surface area contributed by atoms with Gasteiger partial charge in [0.05, 0.1) is 0 Å². The lowest BCUT2D eigenvalue weighted by Gasteiger charge is -2.05. The van der Waals surface area contributed by atoms with E-state index in [0.29, 0.717) is 12.2 Å². The van der Waals surface area contributed by atoms with Crippen molar-refractivity contribution >= 4 is 15.9 Å². The van der Waals surface area contributed by atoms with E-state index in [1.54, 1.807) is 18.2 Å². The van der Waals surface area contributed by atoms with Crippen LogP contribution in [0.15, 0.2) is 24.3 Å². The monoisotopic (exact) mass is 229 g/mol. The first-order valence-electron chi connectivity index (χ1n) is 4.61. The highest BCUT2D eigenvalue weighted by Crippen LogP contribution is 2.12. The highest BCUT2D eigenvalue weighted by atomic mass is 32.2. The second-order valence-electron chi connectivity index (χ2n) is 3.24. The molecule has 1 aromatic carbocycles. The number of benzene rings is 1. The van der Waals surface area contributed by atoms with E-state index in [0.717, 1.165) is 18.4 Å². The quantitative estimate of drug-likeness (QED) is 0.672. The Morgan fingerprint density at radius 2 is 2.07 bits per heavy atom. The van der Waals surface area contributed by atoms with Crippen LogP contribution in [0.2, 0.25) is 0 Å². The summed E-state index contributed by atoms with van der Waals surface area (Å²) in [7, 11) is -3.69. The molecule has 0 atom stereocenters. The summed E-state index contributed by atoms with van der Waals surface area (Å²) < 4.78 is 23.8. The molecule has 0 amide bonds. The van der Waals surface area contributed by atoms with Crippen molar-refractivity contribution in [3.8, 4) is 0 Å². The Morgan fingerprint density at radius 1 is 1.33 bits per heavy atom. The van der Waals surface area contributed by atoms with Gasteiger partial charge in [0.15, 0.2) is 0 Å². The van der Waals surface area contributed by atoms with E-state index >= 15 is 0 Å². The van der Waals surface area contributed by atoms with Crippen LogP contribution in [0.4, 0.5) is 5.69 Å². The number of hydrogen-bond acceptors (Lipinski definition) is 3. The molecule has 1 aromatic rings. The Labute approximate surface area is 89.7 Å². The lowest BCUT2D eigenvalue weighted by molar-refractivity contribution is 0.603. The standard InChI is InChI=1S/C9H15N3O2S/c10-6-2-4-8-3-1-5-9(7-8)12-15(11,13)14/h1,3,5,7,12H,2,4,6,10H2,(H2,11,13,14). The lowest BCUT2D eigenvalue weighted by atomic mass is 10.1. The second kappa shape index (κ2) is 5.11. The summed E-state index contributed by atoms with van der Waals surface area (Å²) in [6.45, 7) is 0.618. The number of anilines is 1. The number of nitrogens with two attached hydrogens (primary N) is 2. The summed E-state index contributed by atoms with van der Waals surface area (Å²) >= 11 is 0. The molecule has 0 aliphatic carbocycles. The molecule has 0 saturated heterocycles. The maximum atomic E-state index is 10.8. The third kappa shape index (κ3) is 4.78. The lowest BCUT2D eigenvalue weighted by Crippen LogP contribution is -2.21. The van der Waals surface area contributed by atoms with E-state index in [-0.39, 0.29) is 0 Å². The molecule has 5 N–H and O–H groups in total. The maximum Gasteiger partial charge on any atom is 0.296 e. The third-order valence-electron chi connectivity index (χ3n) is 1.86. The van der Waals surface area contributed by atoms with Crippen molar-refractivity contribution in [1.82, 2.24) is 0 Å². The van der Waals surface area contributed by atoms with Gasteiger partial charge in [-0.2, -0.15) is 8.42 Å². The minimum atomic E-state index is -3.69. The largest absolute Gasteiger partial charge is 0.330 e. The Kier molecular flexibility index (Phi) is 4.07. The molecule has 15 heavy (non-hydrogen) atoms. The highest BCUT2D eigenvalue weighted by molar-refractivity contribution is 7.90. The van der Waals surface area contributed by atoms with Crippen LogP contribution >= 0.6 is 0 Å². The SMILES string of the molecule is NCCCc1cccc(NS(N)(=O)=O)c1. The van der Waals surface area contributed by atoms with Gasteiger partial charge >= 0.3 is 0 Å². The molecule has 0 fully saturated rings. The van der Waals surface area contributed by atoms with Crippen molar-refractivity contribution in [1.29, 1.82) is 0 Å². The number of hydrogen-bond donors (Lipinski definition) is 3. The molecule has 0 unspecified atom stereocenters. The molecule has 0 bridgehead atoms. The van der Waals surface area contributed by atoms with Gasteiger partial charge in [-0.05, 0) is 37.1 Å². The first kappa shape index (κ1) is 12.0. The van der Waals surface area contributed by atoms with Gasteiger partial charge in [-0.3, -0.25) is 4.72 Å². The van der Waals surface area contributed by atoms with Crippen LogP contribution < -0.4 is 15.6 Å². The average molecular weight is 229 g/mol. The fourth-order valence-corrected chi connectivity index (χ4v) is 1.72. The van der Waals surface area contributed by atoms with Gasteiger partial charge in [-0.15, -0.1) is 0 Å². The van der Waals surface area contributed by atoms with Crippen LogP contribution in [0.25, 0.3) is 0 Å². The molecular weight excluding hydrogens is 214 g/mol. The Balaban J connectivity index is 2.74. The Hall–Kier alpha value is -1.11. The van der Waals surface area contributed by atoms with Gasteiger partial charge in [-0.1, -0.05) is 12.1 Å². The van der Waals surface area contributed by atoms with Gasteiger partial charge in [0, 0.05) is 5.69 Å². The first-order chi connectivity index (χ1) is 7.01. The van der Waals surface area contributed by atoms with Gasteiger partial charge in [0.2, 0.25) is 0 Å². The van der Waals surface area contributed by atoms with Crippen LogP contribution in [-0.2, 0) is 16.6 Å². The molecule has 84 valence electrons. The van der Waals surface area contributed by atoms with E-state index in [1.807, 2.05) is 6.07 Å². The van der Waals surface area contributed by atoms with Crippen molar-refractivity contribution < 1.29 is 8.42 Å². The summed E-state index contributed by atoms with van der Waals surface area (Å²) in [4.78, 5) is 0. The minimum absolute atomic E-state index is 0.479. The Bertz CT molecular complexity index is 417. The average Bonchev–Trinajstić information content (AvgIpc) is 2.12. The molecule has 0 radical (unpaired) electrons. The van der Waals surface area contributed by atoms with E-state index in [4.69, 9.17) is 10.9 Å². The molecule has 0 spiro atoms. The van der Waals surface area contributed by atoms with Crippen LogP contribution in [0, 0.1) is 0 Å².